The molecule has 1 heterocycles. The molecule has 0 fully saturated rings. The molecule has 1 aromatic carbocycles. The van der Waals surface area contributed by atoms with E-state index in [0.717, 1.165) is 30.4 Å². The van der Waals surface area contributed by atoms with Crippen molar-refractivity contribution >= 4 is 11.6 Å². The molecule has 2 aromatic rings. The molecule has 118 valence electrons. The first-order valence-electron chi connectivity index (χ1n) is 7.44. The molecule has 0 radical (unpaired) electrons. The van der Waals surface area contributed by atoms with Crippen LogP contribution in [0.25, 0.3) is 0 Å². The largest absolute Gasteiger partial charge is 0.496 e. The standard InChI is InChI=1S/C17H24N4O/c1-17(2,3)21-16-11-15(19-12-20-16)18-10-9-13-7-5-6-8-14(13)22-4/h5-8,11-12H,9-10H2,1-4H3,(H2,18,19,20,21). The van der Waals surface area contributed by atoms with E-state index in [1.54, 1.807) is 13.4 Å². The van der Waals surface area contributed by atoms with Crippen molar-refractivity contribution in [2.45, 2.75) is 32.7 Å². The maximum atomic E-state index is 5.36. The van der Waals surface area contributed by atoms with Crippen LogP contribution in [0.15, 0.2) is 36.7 Å². The SMILES string of the molecule is COc1ccccc1CCNc1cc(NC(C)(C)C)ncn1. The van der Waals surface area contributed by atoms with Crippen LogP contribution >= 0.6 is 0 Å². The van der Waals surface area contributed by atoms with Gasteiger partial charge >= 0.3 is 0 Å². The number of methoxy groups -OCH3 is 1. The van der Waals surface area contributed by atoms with Gasteiger partial charge in [0, 0.05) is 18.2 Å². The maximum Gasteiger partial charge on any atom is 0.131 e. The van der Waals surface area contributed by atoms with Crippen LogP contribution in [-0.4, -0.2) is 29.2 Å². The van der Waals surface area contributed by atoms with Crippen LogP contribution in [0.1, 0.15) is 26.3 Å². The lowest BCUT2D eigenvalue weighted by atomic mass is 10.1. The number of hydrogen-bond acceptors (Lipinski definition) is 5. The Hall–Kier alpha value is -2.30. The third kappa shape index (κ3) is 4.91. The fraction of sp³-hybridized carbons (Fsp3) is 0.412. The fourth-order valence-corrected chi connectivity index (χ4v) is 2.14. The maximum absolute atomic E-state index is 5.36. The summed E-state index contributed by atoms with van der Waals surface area (Å²) < 4.78 is 5.36. The Balaban J connectivity index is 1.93. The first-order valence-corrected chi connectivity index (χ1v) is 7.44. The van der Waals surface area contributed by atoms with Gasteiger partial charge in [0.25, 0.3) is 0 Å². The van der Waals surface area contributed by atoms with Gasteiger partial charge in [0.2, 0.25) is 0 Å². The molecule has 0 unspecified atom stereocenters. The molecule has 0 amide bonds. The highest BCUT2D eigenvalue weighted by molar-refractivity contribution is 5.47. The van der Waals surface area contributed by atoms with Crippen molar-refractivity contribution in [3.63, 3.8) is 0 Å². The normalized spacial score (nSPS) is 11.1. The molecule has 0 bridgehead atoms. The zero-order valence-corrected chi connectivity index (χ0v) is 13.7. The summed E-state index contributed by atoms with van der Waals surface area (Å²) in [4.78, 5) is 8.49. The van der Waals surface area contributed by atoms with Crippen LogP contribution in [0.3, 0.4) is 0 Å². The molecule has 5 nitrogen and oxygen atoms in total. The van der Waals surface area contributed by atoms with E-state index in [-0.39, 0.29) is 5.54 Å². The summed E-state index contributed by atoms with van der Waals surface area (Å²) in [5.41, 5.74) is 1.16. The second kappa shape index (κ2) is 7.11. The molecule has 0 saturated carbocycles. The molecular formula is C17H24N4O. The van der Waals surface area contributed by atoms with Gasteiger partial charge < -0.3 is 15.4 Å². The number of benzene rings is 1. The molecule has 0 aliphatic heterocycles. The summed E-state index contributed by atoms with van der Waals surface area (Å²) in [7, 11) is 1.70. The topological polar surface area (TPSA) is 59.1 Å². The molecule has 5 heteroatoms. The second-order valence-corrected chi connectivity index (χ2v) is 6.15. The van der Waals surface area contributed by atoms with E-state index in [0.29, 0.717) is 0 Å². The average molecular weight is 300 g/mol. The smallest absolute Gasteiger partial charge is 0.131 e. The van der Waals surface area contributed by atoms with Gasteiger partial charge in [-0.15, -0.1) is 0 Å². The summed E-state index contributed by atoms with van der Waals surface area (Å²) in [6.07, 6.45) is 2.44. The van der Waals surface area contributed by atoms with Crippen LogP contribution in [0.4, 0.5) is 11.6 Å². The Morgan fingerprint density at radius 3 is 2.55 bits per heavy atom. The molecule has 1 aromatic heterocycles. The fourth-order valence-electron chi connectivity index (χ4n) is 2.14. The van der Waals surface area contributed by atoms with Crippen molar-refractivity contribution in [3.05, 3.63) is 42.2 Å². The lowest BCUT2D eigenvalue weighted by Crippen LogP contribution is -2.26. The number of anilines is 2. The van der Waals surface area contributed by atoms with Gasteiger partial charge in [0.05, 0.1) is 7.11 Å². The third-order valence-electron chi connectivity index (χ3n) is 3.06. The van der Waals surface area contributed by atoms with Crippen molar-refractivity contribution < 1.29 is 4.74 Å². The number of nitrogens with one attached hydrogen (secondary N) is 2. The summed E-state index contributed by atoms with van der Waals surface area (Å²) in [5.74, 6) is 2.56. The number of rotatable bonds is 6. The molecule has 2 N–H and O–H groups in total. The highest BCUT2D eigenvalue weighted by Crippen LogP contribution is 2.18. The highest BCUT2D eigenvalue weighted by Gasteiger charge is 2.10. The van der Waals surface area contributed by atoms with Gasteiger partial charge in [-0.2, -0.15) is 0 Å². The monoisotopic (exact) mass is 300 g/mol. The molecule has 0 atom stereocenters. The molecular weight excluding hydrogens is 276 g/mol. The van der Waals surface area contributed by atoms with E-state index < -0.39 is 0 Å². The molecule has 0 saturated heterocycles. The summed E-state index contributed by atoms with van der Waals surface area (Å²) in [6, 6.07) is 9.98. The van der Waals surface area contributed by atoms with Gasteiger partial charge in [-0.1, -0.05) is 18.2 Å². The minimum absolute atomic E-state index is 0.0248. The van der Waals surface area contributed by atoms with Crippen LogP contribution in [0, 0.1) is 0 Å². The first kappa shape index (κ1) is 16.1. The number of hydrogen-bond donors (Lipinski definition) is 2. The number of nitrogens with zero attached hydrogens (tertiary/aromatic N) is 2. The highest BCUT2D eigenvalue weighted by atomic mass is 16.5. The number of para-hydroxylation sites is 1. The molecule has 22 heavy (non-hydrogen) atoms. The second-order valence-electron chi connectivity index (χ2n) is 6.15. The quantitative estimate of drug-likeness (QED) is 0.856. The van der Waals surface area contributed by atoms with Gasteiger partial charge in [-0.05, 0) is 38.8 Å². The Bertz CT molecular complexity index is 608. The Morgan fingerprint density at radius 2 is 1.82 bits per heavy atom. The lowest BCUT2D eigenvalue weighted by molar-refractivity contribution is 0.410. The van der Waals surface area contributed by atoms with Gasteiger partial charge in [0.15, 0.2) is 0 Å². The first-order chi connectivity index (χ1) is 10.5. The van der Waals surface area contributed by atoms with Gasteiger partial charge in [-0.25, -0.2) is 9.97 Å². The lowest BCUT2D eigenvalue weighted by Gasteiger charge is -2.21. The van der Waals surface area contributed by atoms with Crippen LogP contribution in [0.2, 0.25) is 0 Å². The third-order valence-corrected chi connectivity index (χ3v) is 3.06. The minimum atomic E-state index is -0.0248. The van der Waals surface area contributed by atoms with Gasteiger partial charge in [-0.3, -0.25) is 0 Å². The van der Waals surface area contributed by atoms with E-state index in [9.17, 15) is 0 Å². The van der Waals surface area contributed by atoms with E-state index in [4.69, 9.17) is 4.74 Å². The molecule has 0 spiro atoms. The van der Waals surface area contributed by atoms with E-state index in [1.807, 2.05) is 24.3 Å². The summed E-state index contributed by atoms with van der Waals surface area (Å²) in [5, 5.41) is 6.66. The Kier molecular flexibility index (Phi) is 5.20. The van der Waals surface area contributed by atoms with Gasteiger partial charge in [0.1, 0.15) is 23.7 Å². The van der Waals surface area contributed by atoms with E-state index in [1.165, 1.54) is 5.56 Å². The molecule has 0 aliphatic rings. The predicted octanol–water partition coefficient (Wildman–Crippen LogP) is 3.35. The van der Waals surface area contributed by atoms with E-state index >= 15 is 0 Å². The summed E-state index contributed by atoms with van der Waals surface area (Å²) in [6.45, 7) is 7.09. The zero-order chi connectivity index (χ0) is 16.0. The van der Waals surface area contributed by atoms with E-state index in [2.05, 4.69) is 47.4 Å². The van der Waals surface area contributed by atoms with Crippen molar-refractivity contribution in [2.24, 2.45) is 0 Å². The van der Waals surface area contributed by atoms with Crippen LogP contribution < -0.4 is 15.4 Å². The molecule has 2 rings (SSSR count). The molecule has 0 aliphatic carbocycles. The predicted molar refractivity (Wildman–Crippen MR) is 90.6 cm³/mol. The average Bonchev–Trinajstić information content (AvgIpc) is 2.46. The van der Waals surface area contributed by atoms with Crippen molar-refractivity contribution in [1.29, 1.82) is 0 Å². The van der Waals surface area contributed by atoms with Crippen molar-refractivity contribution in [2.75, 3.05) is 24.3 Å². The van der Waals surface area contributed by atoms with Crippen molar-refractivity contribution in [3.8, 4) is 5.75 Å². The summed E-state index contributed by atoms with van der Waals surface area (Å²) >= 11 is 0. The minimum Gasteiger partial charge on any atom is -0.496 e. The van der Waals surface area contributed by atoms with Crippen LogP contribution in [0.5, 0.6) is 5.75 Å². The Morgan fingerprint density at radius 1 is 1.09 bits per heavy atom. The number of aromatic nitrogens is 2. The number of ether oxygens (including phenoxy) is 1. The Labute approximate surface area is 132 Å². The van der Waals surface area contributed by atoms with Crippen molar-refractivity contribution in [1.82, 2.24) is 9.97 Å². The zero-order valence-electron chi connectivity index (χ0n) is 13.7. The van der Waals surface area contributed by atoms with Crippen LogP contribution in [-0.2, 0) is 6.42 Å².